The molecular weight excluding hydrogens is 396 g/mol. The van der Waals surface area contributed by atoms with E-state index >= 15 is 0 Å². The molecule has 0 saturated heterocycles. The van der Waals surface area contributed by atoms with E-state index in [0.717, 1.165) is 15.4 Å². The third-order valence-corrected chi connectivity index (χ3v) is 4.09. The van der Waals surface area contributed by atoms with Crippen molar-refractivity contribution in [2.75, 3.05) is 0 Å². The van der Waals surface area contributed by atoms with Gasteiger partial charge in [-0.05, 0) is 53.2 Å². The molecule has 2 aromatic heterocycles. The predicted molar refractivity (Wildman–Crippen MR) is 94.9 cm³/mol. The molecule has 0 bridgehead atoms. The lowest BCUT2D eigenvalue weighted by Gasteiger charge is -2.09. The molecule has 0 spiro atoms. The van der Waals surface area contributed by atoms with Crippen molar-refractivity contribution in [3.63, 3.8) is 0 Å². The second kappa shape index (κ2) is 6.62. The van der Waals surface area contributed by atoms with Crippen LogP contribution in [0.3, 0.4) is 0 Å². The monoisotopic (exact) mass is 406 g/mol. The Balaban J connectivity index is 1.78. The van der Waals surface area contributed by atoms with Crippen molar-refractivity contribution in [2.45, 2.75) is 6.92 Å². The fourth-order valence-electron chi connectivity index (χ4n) is 2.22. The van der Waals surface area contributed by atoms with Gasteiger partial charge in [0.25, 0.3) is 11.8 Å². The van der Waals surface area contributed by atoms with E-state index in [0.29, 0.717) is 22.0 Å². The van der Waals surface area contributed by atoms with Gasteiger partial charge in [0.15, 0.2) is 0 Å². The first-order chi connectivity index (χ1) is 11.4. The minimum absolute atomic E-state index is 0.322. The molecule has 0 atom stereocenters. The topological polar surface area (TPSA) is 86.9 Å². The van der Waals surface area contributed by atoms with Crippen molar-refractivity contribution >= 4 is 50.2 Å². The Hall–Kier alpha value is -2.38. The lowest BCUT2D eigenvalue weighted by molar-refractivity contribution is 0.0843. The minimum Gasteiger partial charge on any atom is -0.356 e. The first-order valence-corrected chi connectivity index (χ1v) is 8.12. The molecule has 122 valence electrons. The first kappa shape index (κ1) is 16.5. The molecule has 0 aliphatic heterocycles. The number of hydrazine groups is 1. The van der Waals surface area contributed by atoms with E-state index in [9.17, 15) is 9.59 Å². The number of benzene rings is 1. The van der Waals surface area contributed by atoms with Gasteiger partial charge in [0, 0.05) is 21.1 Å². The van der Waals surface area contributed by atoms with Gasteiger partial charge in [0.1, 0.15) is 5.69 Å². The number of nitrogens with zero attached hydrogens (tertiary/aromatic N) is 1. The number of carbonyl (C=O) groups is 2. The van der Waals surface area contributed by atoms with Crippen LogP contribution in [-0.2, 0) is 0 Å². The molecule has 1 aromatic carbocycles. The number of amides is 2. The number of aromatic amines is 1. The fraction of sp³-hybridized carbons (Fsp3) is 0.0625. The van der Waals surface area contributed by atoms with Crippen molar-refractivity contribution in [1.29, 1.82) is 0 Å². The molecule has 3 aromatic rings. The molecule has 0 aliphatic rings. The Kier molecular flexibility index (Phi) is 4.55. The summed E-state index contributed by atoms with van der Waals surface area (Å²) in [5.74, 6) is -0.913. The largest absolute Gasteiger partial charge is 0.356 e. The van der Waals surface area contributed by atoms with Gasteiger partial charge in [0.05, 0.1) is 16.8 Å². The summed E-state index contributed by atoms with van der Waals surface area (Å²) in [4.78, 5) is 31.4. The molecule has 0 aliphatic carbocycles. The van der Waals surface area contributed by atoms with Crippen molar-refractivity contribution in [1.82, 2.24) is 20.8 Å². The maximum absolute atomic E-state index is 12.3. The predicted octanol–water partition coefficient (Wildman–Crippen LogP) is 3.36. The highest BCUT2D eigenvalue weighted by molar-refractivity contribution is 9.10. The van der Waals surface area contributed by atoms with Crippen molar-refractivity contribution < 1.29 is 9.59 Å². The third-order valence-electron chi connectivity index (χ3n) is 3.39. The minimum atomic E-state index is -0.458. The second-order valence-electron chi connectivity index (χ2n) is 5.10. The van der Waals surface area contributed by atoms with Gasteiger partial charge in [-0.15, -0.1) is 0 Å². The van der Waals surface area contributed by atoms with Crippen molar-refractivity contribution in [3.8, 4) is 0 Å². The molecule has 3 rings (SSSR count). The standard InChI is InChI=1S/C16H12BrClN4O2/c1-8-12(5-9-4-11(18)2-3-13(9)20-8)15(23)21-22-16(24)14-6-10(17)7-19-14/h2-7,19H,1H3,(H,21,23)(H,22,24). The quantitative estimate of drug-likeness (QED) is 0.569. The van der Waals surface area contributed by atoms with Gasteiger partial charge < -0.3 is 4.98 Å². The van der Waals surface area contributed by atoms with Crippen LogP contribution in [-0.4, -0.2) is 21.8 Å². The van der Waals surface area contributed by atoms with Gasteiger partial charge in [-0.2, -0.15) is 0 Å². The summed E-state index contributed by atoms with van der Waals surface area (Å²) in [6.07, 6.45) is 1.62. The highest BCUT2D eigenvalue weighted by Crippen LogP contribution is 2.20. The first-order valence-electron chi connectivity index (χ1n) is 6.95. The maximum Gasteiger partial charge on any atom is 0.286 e. The van der Waals surface area contributed by atoms with Crippen LogP contribution in [0.1, 0.15) is 26.5 Å². The van der Waals surface area contributed by atoms with E-state index < -0.39 is 11.8 Å². The average Bonchev–Trinajstić information content (AvgIpc) is 2.98. The van der Waals surface area contributed by atoms with Gasteiger partial charge >= 0.3 is 0 Å². The van der Waals surface area contributed by atoms with Gasteiger partial charge in [-0.1, -0.05) is 11.6 Å². The van der Waals surface area contributed by atoms with Gasteiger partial charge in [-0.25, -0.2) is 0 Å². The molecule has 0 unspecified atom stereocenters. The molecular formula is C16H12BrClN4O2. The normalized spacial score (nSPS) is 10.6. The van der Waals surface area contributed by atoms with Gasteiger partial charge in [0.2, 0.25) is 0 Å². The number of nitrogens with one attached hydrogen (secondary N) is 3. The van der Waals surface area contributed by atoms with E-state index in [1.165, 1.54) is 0 Å². The zero-order valence-electron chi connectivity index (χ0n) is 12.5. The van der Waals surface area contributed by atoms with Gasteiger partial charge in [-0.3, -0.25) is 25.4 Å². The number of rotatable bonds is 2. The Labute approximate surface area is 150 Å². The van der Waals surface area contributed by atoms with E-state index in [4.69, 9.17) is 11.6 Å². The van der Waals surface area contributed by atoms with Crippen LogP contribution < -0.4 is 10.9 Å². The smallest absolute Gasteiger partial charge is 0.286 e. The molecule has 24 heavy (non-hydrogen) atoms. The van der Waals surface area contributed by atoms with Crippen LogP contribution in [0.25, 0.3) is 10.9 Å². The van der Waals surface area contributed by atoms with Crippen LogP contribution in [0, 0.1) is 6.92 Å². The summed E-state index contributed by atoms with van der Waals surface area (Å²) in [5.41, 5.74) is 6.71. The lowest BCUT2D eigenvalue weighted by atomic mass is 10.1. The summed E-state index contributed by atoms with van der Waals surface area (Å²) in [6, 6.07) is 8.56. The van der Waals surface area contributed by atoms with E-state index in [1.54, 1.807) is 43.5 Å². The number of pyridine rings is 1. The Morgan fingerprint density at radius 1 is 1.17 bits per heavy atom. The highest BCUT2D eigenvalue weighted by atomic mass is 79.9. The number of H-pyrrole nitrogens is 1. The Bertz CT molecular complexity index is 954. The number of fused-ring (bicyclic) bond motifs is 1. The number of hydrogen-bond acceptors (Lipinski definition) is 3. The second-order valence-corrected chi connectivity index (χ2v) is 6.45. The summed E-state index contributed by atoms with van der Waals surface area (Å²) < 4.78 is 0.741. The fourth-order valence-corrected chi connectivity index (χ4v) is 2.74. The SMILES string of the molecule is Cc1nc2ccc(Cl)cc2cc1C(=O)NNC(=O)c1cc(Br)c[nH]1. The highest BCUT2D eigenvalue weighted by Gasteiger charge is 2.14. The number of carbonyl (C=O) groups excluding carboxylic acids is 2. The maximum atomic E-state index is 12.3. The molecule has 2 heterocycles. The summed E-state index contributed by atoms with van der Waals surface area (Å²) in [6.45, 7) is 1.73. The molecule has 6 nitrogen and oxygen atoms in total. The molecule has 8 heteroatoms. The summed E-state index contributed by atoms with van der Waals surface area (Å²) in [5, 5.41) is 1.31. The Morgan fingerprint density at radius 3 is 2.62 bits per heavy atom. The molecule has 0 radical (unpaired) electrons. The summed E-state index contributed by atoms with van der Waals surface area (Å²) in [7, 11) is 0. The van der Waals surface area contributed by atoms with Crippen molar-refractivity contribution in [2.24, 2.45) is 0 Å². The van der Waals surface area contributed by atoms with E-state index in [1.807, 2.05) is 0 Å². The lowest BCUT2D eigenvalue weighted by Crippen LogP contribution is -2.42. The van der Waals surface area contributed by atoms with E-state index in [-0.39, 0.29) is 0 Å². The van der Waals surface area contributed by atoms with Crippen LogP contribution in [0.15, 0.2) is 41.0 Å². The van der Waals surface area contributed by atoms with Crippen LogP contribution in [0.4, 0.5) is 0 Å². The molecule has 0 fully saturated rings. The Morgan fingerprint density at radius 2 is 1.92 bits per heavy atom. The number of hydrogen-bond donors (Lipinski definition) is 3. The molecule has 3 N–H and O–H groups in total. The third kappa shape index (κ3) is 3.42. The zero-order valence-corrected chi connectivity index (χ0v) is 14.8. The number of aryl methyl sites for hydroxylation is 1. The van der Waals surface area contributed by atoms with Crippen LogP contribution in [0.2, 0.25) is 5.02 Å². The zero-order chi connectivity index (χ0) is 17.3. The van der Waals surface area contributed by atoms with Crippen molar-refractivity contribution in [3.05, 3.63) is 63.0 Å². The average molecular weight is 408 g/mol. The summed E-state index contributed by atoms with van der Waals surface area (Å²) >= 11 is 9.21. The van der Waals surface area contributed by atoms with E-state index in [2.05, 4.69) is 36.7 Å². The number of halogens is 2. The van der Waals surface area contributed by atoms with Crippen LogP contribution in [0.5, 0.6) is 0 Å². The van der Waals surface area contributed by atoms with Crippen LogP contribution >= 0.6 is 27.5 Å². The molecule has 0 saturated carbocycles. The molecule has 2 amide bonds. The number of aromatic nitrogens is 2.